The Hall–Kier alpha value is -3.72. The van der Waals surface area contributed by atoms with Crippen molar-refractivity contribution in [2.24, 2.45) is 0 Å². The zero-order valence-corrected chi connectivity index (χ0v) is 19.1. The van der Waals surface area contributed by atoms with E-state index < -0.39 is 11.7 Å². The van der Waals surface area contributed by atoms with Crippen molar-refractivity contribution in [3.8, 4) is 17.0 Å². The second kappa shape index (κ2) is 8.67. The Morgan fingerprint density at radius 2 is 1.97 bits per heavy atom. The fraction of sp³-hybridized carbons (Fsp3) is 0.333. The summed E-state index contributed by atoms with van der Waals surface area (Å²) < 4.78 is 7.16. The van der Waals surface area contributed by atoms with E-state index in [1.165, 1.54) is 11.8 Å². The molecule has 1 N–H and O–H groups in total. The number of anilines is 2. The Balaban J connectivity index is 1.71. The monoisotopic (exact) mass is 449 g/mol. The first kappa shape index (κ1) is 22.5. The maximum Gasteiger partial charge on any atom is 0.421 e. The van der Waals surface area contributed by atoms with E-state index in [9.17, 15) is 14.7 Å². The summed E-state index contributed by atoms with van der Waals surface area (Å²) in [5.41, 5.74) is 1.95. The SMILES string of the molecule is CC(=O)N1c2ccc(-c3cnn(CC(C)(C)O)c3)cc2N(C(=O)Oc2ccccn2)C[C@@H]1C. The first-order valence-corrected chi connectivity index (χ1v) is 10.7. The molecule has 4 rings (SSSR count). The summed E-state index contributed by atoms with van der Waals surface area (Å²) in [5, 5.41) is 14.4. The van der Waals surface area contributed by atoms with Gasteiger partial charge in [-0.1, -0.05) is 12.1 Å². The number of aromatic nitrogens is 3. The summed E-state index contributed by atoms with van der Waals surface area (Å²) in [6.45, 7) is 7.46. The highest BCUT2D eigenvalue weighted by molar-refractivity contribution is 6.03. The molecule has 2 aromatic heterocycles. The number of carbonyl (C=O) groups is 2. The van der Waals surface area contributed by atoms with E-state index in [4.69, 9.17) is 4.74 Å². The molecule has 3 heterocycles. The molecule has 0 saturated carbocycles. The Labute approximate surface area is 192 Å². The van der Waals surface area contributed by atoms with Gasteiger partial charge in [-0.3, -0.25) is 14.4 Å². The molecular weight excluding hydrogens is 422 g/mol. The lowest BCUT2D eigenvalue weighted by Crippen LogP contribution is -2.52. The molecule has 9 nitrogen and oxygen atoms in total. The lowest BCUT2D eigenvalue weighted by molar-refractivity contribution is -0.117. The van der Waals surface area contributed by atoms with Gasteiger partial charge in [0.1, 0.15) is 0 Å². The molecule has 9 heteroatoms. The number of nitrogens with zero attached hydrogens (tertiary/aromatic N) is 5. The van der Waals surface area contributed by atoms with Gasteiger partial charge in [0, 0.05) is 37.5 Å². The molecule has 172 valence electrons. The van der Waals surface area contributed by atoms with Crippen LogP contribution in [0.25, 0.3) is 11.1 Å². The van der Waals surface area contributed by atoms with Crippen molar-refractivity contribution < 1.29 is 19.4 Å². The second-order valence-corrected chi connectivity index (χ2v) is 8.83. The summed E-state index contributed by atoms with van der Waals surface area (Å²) in [4.78, 5) is 32.7. The Morgan fingerprint density at radius 3 is 2.64 bits per heavy atom. The fourth-order valence-corrected chi connectivity index (χ4v) is 4.01. The highest BCUT2D eigenvalue weighted by Crippen LogP contribution is 2.39. The standard InChI is InChI=1S/C24H27N5O4/c1-16-13-28(23(31)33-22-7-5-6-10-25-22)21-11-18(8-9-20(21)29(16)17(2)30)19-12-26-27(14-19)15-24(3,4)32/h5-12,14,16,32H,13,15H2,1-4H3/t16-/m0/s1. The minimum atomic E-state index is -0.900. The topological polar surface area (TPSA) is 101 Å². The summed E-state index contributed by atoms with van der Waals surface area (Å²) in [6, 6.07) is 10.4. The number of rotatable bonds is 4. The zero-order chi connectivity index (χ0) is 23.8. The predicted octanol–water partition coefficient (Wildman–Crippen LogP) is 3.48. The van der Waals surface area contributed by atoms with Gasteiger partial charge in [-0.15, -0.1) is 0 Å². The van der Waals surface area contributed by atoms with Crippen molar-refractivity contribution >= 4 is 23.4 Å². The third-order valence-electron chi connectivity index (χ3n) is 5.32. The van der Waals surface area contributed by atoms with E-state index in [0.29, 0.717) is 17.9 Å². The lowest BCUT2D eigenvalue weighted by atomic mass is 10.0. The second-order valence-electron chi connectivity index (χ2n) is 8.83. The van der Waals surface area contributed by atoms with Crippen LogP contribution in [0, 0.1) is 0 Å². The molecule has 0 bridgehead atoms. The molecule has 0 unspecified atom stereocenters. The van der Waals surface area contributed by atoms with Gasteiger partial charge in [-0.05, 0) is 44.5 Å². The van der Waals surface area contributed by atoms with E-state index >= 15 is 0 Å². The van der Waals surface area contributed by atoms with Crippen LogP contribution in [0.5, 0.6) is 5.88 Å². The van der Waals surface area contributed by atoms with E-state index in [0.717, 1.165) is 11.1 Å². The number of aliphatic hydroxyl groups is 1. The molecule has 0 spiro atoms. The van der Waals surface area contributed by atoms with Gasteiger partial charge in [-0.25, -0.2) is 9.78 Å². The smallest absolute Gasteiger partial charge is 0.391 e. The van der Waals surface area contributed by atoms with Crippen LogP contribution in [-0.4, -0.2) is 50.1 Å². The van der Waals surface area contributed by atoms with Gasteiger partial charge in [-0.2, -0.15) is 5.10 Å². The number of carbonyl (C=O) groups excluding carboxylic acids is 2. The Bertz CT molecular complexity index is 1170. The van der Waals surface area contributed by atoms with Gasteiger partial charge >= 0.3 is 6.09 Å². The van der Waals surface area contributed by atoms with Crippen molar-refractivity contribution in [3.63, 3.8) is 0 Å². The van der Waals surface area contributed by atoms with Gasteiger partial charge < -0.3 is 14.7 Å². The molecule has 1 aliphatic heterocycles. The maximum atomic E-state index is 13.1. The third kappa shape index (κ3) is 4.88. The van der Waals surface area contributed by atoms with E-state index in [-0.39, 0.29) is 24.4 Å². The summed E-state index contributed by atoms with van der Waals surface area (Å²) in [6.07, 6.45) is 4.53. The van der Waals surface area contributed by atoms with E-state index in [1.54, 1.807) is 54.0 Å². The van der Waals surface area contributed by atoms with Crippen molar-refractivity contribution in [3.05, 3.63) is 55.0 Å². The van der Waals surface area contributed by atoms with Crippen LogP contribution < -0.4 is 14.5 Å². The van der Waals surface area contributed by atoms with Crippen LogP contribution in [0.15, 0.2) is 55.0 Å². The molecule has 0 saturated heterocycles. The lowest BCUT2D eigenvalue weighted by Gasteiger charge is -2.40. The molecule has 3 aromatic rings. The average molecular weight is 450 g/mol. The van der Waals surface area contributed by atoms with E-state index in [2.05, 4.69) is 10.1 Å². The van der Waals surface area contributed by atoms with Gasteiger partial charge in [0.2, 0.25) is 11.8 Å². The van der Waals surface area contributed by atoms with Crippen LogP contribution in [0.1, 0.15) is 27.7 Å². The van der Waals surface area contributed by atoms with Gasteiger partial charge in [0.25, 0.3) is 0 Å². The highest BCUT2D eigenvalue weighted by atomic mass is 16.6. The summed E-state index contributed by atoms with van der Waals surface area (Å²) >= 11 is 0. The predicted molar refractivity (Wildman–Crippen MR) is 124 cm³/mol. The maximum absolute atomic E-state index is 13.1. The van der Waals surface area contributed by atoms with Crippen molar-refractivity contribution in [2.45, 2.75) is 45.9 Å². The summed E-state index contributed by atoms with van der Waals surface area (Å²) in [5.74, 6) is 0.0991. The molecule has 1 aromatic carbocycles. The van der Waals surface area contributed by atoms with Crippen molar-refractivity contribution in [1.82, 2.24) is 14.8 Å². The average Bonchev–Trinajstić information content (AvgIpc) is 3.20. The molecule has 0 aliphatic carbocycles. The van der Waals surface area contributed by atoms with Crippen LogP contribution in [0.4, 0.5) is 16.2 Å². The van der Waals surface area contributed by atoms with Crippen LogP contribution in [0.3, 0.4) is 0 Å². The van der Waals surface area contributed by atoms with Crippen molar-refractivity contribution in [1.29, 1.82) is 0 Å². The highest BCUT2D eigenvalue weighted by Gasteiger charge is 2.35. The van der Waals surface area contributed by atoms with Crippen LogP contribution in [-0.2, 0) is 11.3 Å². The number of hydrogen-bond donors (Lipinski definition) is 1. The minimum Gasteiger partial charge on any atom is -0.391 e. The summed E-state index contributed by atoms with van der Waals surface area (Å²) in [7, 11) is 0. The third-order valence-corrected chi connectivity index (χ3v) is 5.32. The first-order chi connectivity index (χ1) is 15.6. The van der Waals surface area contributed by atoms with Crippen LogP contribution >= 0.6 is 0 Å². The van der Waals surface area contributed by atoms with Gasteiger partial charge in [0.15, 0.2) is 0 Å². The quantitative estimate of drug-likeness (QED) is 0.655. The molecule has 1 aliphatic rings. The zero-order valence-electron chi connectivity index (χ0n) is 19.1. The largest absolute Gasteiger partial charge is 0.421 e. The fourth-order valence-electron chi connectivity index (χ4n) is 4.01. The number of pyridine rings is 1. The number of fused-ring (bicyclic) bond motifs is 1. The molecule has 0 fully saturated rings. The normalized spacial score (nSPS) is 15.8. The molecule has 1 atom stereocenters. The molecular formula is C24H27N5O4. The Kier molecular flexibility index (Phi) is 5.90. The first-order valence-electron chi connectivity index (χ1n) is 10.7. The molecule has 0 radical (unpaired) electrons. The number of benzene rings is 1. The number of hydrogen-bond acceptors (Lipinski definition) is 6. The van der Waals surface area contributed by atoms with Gasteiger partial charge in [0.05, 0.1) is 35.8 Å². The van der Waals surface area contributed by atoms with Crippen molar-refractivity contribution in [2.75, 3.05) is 16.3 Å². The number of ether oxygens (including phenoxy) is 1. The minimum absolute atomic E-state index is 0.104. The van der Waals surface area contributed by atoms with E-state index in [1.807, 2.05) is 31.3 Å². The molecule has 2 amide bonds. The number of amides is 2. The Morgan fingerprint density at radius 1 is 1.18 bits per heavy atom. The molecule has 33 heavy (non-hydrogen) atoms. The van der Waals surface area contributed by atoms with Crippen LogP contribution in [0.2, 0.25) is 0 Å².